The van der Waals surface area contributed by atoms with Crippen molar-refractivity contribution in [3.63, 3.8) is 0 Å². The molecule has 0 radical (unpaired) electrons. The van der Waals surface area contributed by atoms with E-state index in [1.54, 1.807) is 0 Å². The van der Waals surface area contributed by atoms with Gasteiger partial charge in [0.25, 0.3) is 0 Å². The van der Waals surface area contributed by atoms with E-state index in [0.29, 0.717) is 17.1 Å². The van der Waals surface area contributed by atoms with Crippen molar-refractivity contribution in [3.05, 3.63) is 94.1 Å². The van der Waals surface area contributed by atoms with Gasteiger partial charge in [-0.3, -0.25) is 9.59 Å². The summed E-state index contributed by atoms with van der Waals surface area (Å²) in [6.07, 6.45) is 0.0347. The average molecular weight is 479 g/mol. The highest BCUT2D eigenvalue weighted by Gasteiger charge is 2.35. The number of pyridine rings is 1. The van der Waals surface area contributed by atoms with Crippen LogP contribution in [0.25, 0.3) is 33.2 Å². The summed E-state index contributed by atoms with van der Waals surface area (Å²) in [5, 5.41) is 11.7. The number of rotatable bonds is 3. The van der Waals surface area contributed by atoms with Crippen LogP contribution in [0.2, 0.25) is 0 Å². The smallest absolute Gasteiger partial charge is 0.312 e. The van der Waals surface area contributed by atoms with Crippen molar-refractivity contribution in [2.75, 3.05) is 19.0 Å². The number of esters is 1. The van der Waals surface area contributed by atoms with Crippen LogP contribution in [0, 0.1) is 0 Å². The van der Waals surface area contributed by atoms with Crippen LogP contribution in [-0.4, -0.2) is 30.2 Å². The lowest BCUT2D eigenvalue weighted by molar-refractivity contribution is -0.135. The lowest BCUT2D eigenvalue weighted by Crippen LogP contribution is -2.24. The van der Waals surface area contributed by atoms with E-state index < -0.39 is 11.9 Å². The molecule has 0 saturated carbocycles. The molecule has 7 nitrogen and oxygen atoms in total. The molecule has 2 aromatic heterocycles. The van der Waals surface area contributed by atoms with Gasteiger partial charge in [-0.15, -0.1) is 0 Å². The van der Waals surface area contributed by atoms with Gasteiger partial charge >= 0.3 is 5.97 Å². The van der Waals surface area contributed by atoms with Crippen LogP contribution in [0.15, 0.2) is 82.0 Å². The van der Waals surface area contributed by atoms with Crippen molar-refractivity contribution >= 4 is 33.7 Å². The second kappa shape index (κ2) is 8.23. The van der Waals surface area contributed by atoms with E-state index in [-0.39, 0.29) is 34.3 Å². The number of anilines is 1. The molecule has 7 heteroatoms. The van der Waals surface area contributed by atoms with Crippen molar-refractivity contribution in [2.24, 2.45) is 0 Å². The largest absolute Gasteiger partial charge is 0.507 e. The topological polar surface area (TPSA) is 92.9 Å². The Morgan fingerprint density at radius 1 is 0.972 bits per heavy atom. The average Bonchev–Trinajstić information content (AvgIpc) is 2.87. The second-order valence-corrected chi connectivity index (χ2v) is 9.07. The third kappa shape index (κ3) is 3.48. The van der Waals surface area contributed by atoms with Crippen molar-refractivity contribution in [1.29, 1.82) is 0 Å². The zero-order valence-corrected chi connectivity index (χ0v) is 19.7. The normalized spacial score (nSPS) is 15.1. The molecular weight excluding hydrogens is 456 g/mol. The fourth-order valence-electron chi connectivity index (χ4n) is 4.91. The molecule has 0 spiro atoms. The lowest BCUT2D eigenvalue weighted by Gasteiger charge is -2.28. The number of ether oxygens (including phenoxy) is 1. The monoisotopic (exact) mass is 478 g/mol. The minimum atomic E-state index is -0.506. The minimum absolute atomic E-state index is 0.0347. The van der Waals surface area contributed by atoms with E-state index in [1.165, 1.54) is 12.1 Å². The molecular formula is C29H22N2O5. The van der Waals surface area contributed by atoms with Gasteiger partial charge in [0.15, 0.2) is 5.43 Å². The van der Waals surface area contributed by atoms with Crippen LogP contribution < -0.4 is 15.1 Å². The Bertz CT molecular complexity index is 1720. The Hall–Kier alpha value is -4.65. The van der Waals surface area contributed by atoms with E-state index in [1.807, 2.05) is 79.7 Å². The van der Waals surface area contributed by atoms with E-state index in [0.717, 1.165) is 22.0 Å². The van der Waals surface area contributed by atoms with Crippen molar-refractivity contribution in [2.45, 2.75) is 12.3 Å². The SMILES string of the molecule is CN(C)c1nc2ccccc2cc1[C@H]1CC(=O)Oc2cc(O)c3c(=O)cc(-c4ccccc4)oc3c21. The van der Waals surface area contributed by atoms with Crippen LogP contribution in [0.4, 0.5) is 5.82 Å². The third-order valence-corrected chi connectivity index (χ3v) is 6.51. The van der Waals surface area contributed by atoms with E-state index in [2.05, 4.69) is 0 Å². The number of phenols is 1. The summed E-state index contributed by atoms with van der Waals surface area (Å²) < 4.78 is 11.8. The predicted molar refractivity (Wildman–Crippen MR) is 138 cm³/mol. The zero-order chi connectivity index (χ0) is 25.0. The number of para-hydroxylation sites is 1. The number of hydrogen-bond acceptors (Lipinski definition) is 7. The standard InChI is InChI=1S/C29H22N2O5/c1-31(2)29-19(12-17-10-6-7-11-20(17)30-29)18-13-25(34)35-24-15-22(33)27-21(32)14-23(36-28(27)26(18)24)16-8-4-3-5-9-16/h3-12,14-15,18,33H,13H2,1-2H3/t18-/m1/s1. The van der Waals surface area contributed by atoms with Crippen LogP contribution in [-0.2, 0) is 4.79 Å². The van der Waals surface area contributed by atoms with Crippen molar-refractivity contribution < 1.29 is 19.1 Å². The summed E-state index contributed by atoms with van der Waals surface area (Å²) in [6, 6.07) is 21.7. The van der Waals surface area contributed by atoms with E-state index >= 15 is 0 Å². The van der Waals surface area contributed by atoms with Gasteiger partial charge in [0.1, 0.15) is 34.0 Å². The predicted octanol–water partition coefficient (Wildman–Crippen LogP) is 5.22. The Balaban J connectivity index is 1.69. The molecule has 178 valence electrons. The zero-order valence-electron chi connectivity index (χ0n) is 19.7. The van der Waals surface area contributed by atoms with Gasteiger partial charge in [-0.2, -0.15) is 0 Å². The first-order chi connectivity index (χ1) is 17.4. The molecule has 3 heterocycles. The maximum absolute atomic E-state index is 13.2. The summed E-state index contributed by atoms with van der Waals surface area (Å²) in [6.45, 7) is 0. The van der Waals surface area contributed by atoms with Crippen LogP contribution in [0.3, 0.4) is 0 Å². The summed E-state index contributed by atoms with van der Waals surface area (Å²) in [5.74, 6) is -0.00984. The minimum Gasteiger partial charge on any atom is -0.507 e. The Labute approximate surface area is 206 Å². The number of nitrogens with zero attached hydrogens (tertiary/aromatic N) is 2. The number of benzene rings is 3. The number of aromatic nitrogens is 1. The first-order valence-electron chi connectivity index (χ1n) is 11.6. The molecule has 0 aliphatic carbocycles. The Kier molecular flexibility index (Phi) is 5.00. The molecule has 0 fully saturated rings. The van der Waals surface area contributed by atoms with Crippen LogP contribution in [0.5, 0.6) is 11.5 Å². The van der Waals surface area contributed by atoms with Crippen molar-refractivity contribution in [1.82, 2.24) is 4.98 Å². The Morgan fingerprint density at radius 3 is 2.50 bits per heavy atom. The first-order valence-corrected chi connectivity index (χ1v) is 11.6. The molecule has 0 bridgehead atoms. The molecule has 1 N–H and O–H groups in total. The molecule has 1 atom stereocenters. The van der Waals surface area contributed by atoms with Gasteiger partial charge in [-0.05, 0) is 12.1 Å². The van der Waals surface area contributed by atoms with Crippen molar-refractivity contribution in [3.8, 4) is 22.8 Å². The van der Waals surface area contributed by atoms with E-state index in [9.17, 15) is 14.7 Å². The number of carbonyl (C=O) groups excluding carboxylic acids is 1. The van der Waals surface area contributed by atoms with Gasteiger partial charge < -0.3 is 19.2 Å². The maximum atomic E-state index is 13.2. The highest BCUT2D eigenvalue weighted by atomic mass is 16.5. The molecule has 1 aliphatic heterocycles. The molecule has 3 aromatic carbocycles. The first kappa shape index (κ1) is 21.9. The van der Waals surface area contributed by atoms with E-state index in [4.69, 9.17) is 14.1 Å². The second-order valence-electron chi connectivity index (χ2n) is 9.07. The quantitative estimate of drug-likeness (QED) is 0.281. The molecule has 0 saturated heterocycles. The lowest BCUT2D eigenvalue weighted by atomic mass is 9.84. The van der Waals surface area contributed by atoms with Gasteiger partial charge in [-0.1, -0.05) is 48.5 Å². The fourth-order valence-corrected chi connectivity index (χ4v) is 4.91. The summed E-state index contributed by atoms with van der Waals surface area (Å²) >= 11 is 0. The number of phenolic OH excluding ortho intramolecular Hbond substituents is 1. The summed E-state index contributed by atoms with van der Waals surface area (Å²) in [5.41, 5.74) is 2.72. The van der Waals surface area contributed by atoms with Gasteiger partial charge in [0.05, 0.1) is 11.9 Å². The molecule has 0 unspecified atom stereocenters. The fraction of sp³-hybridized carbons (Fsp3) is 0.138. The van der Waals surface area contributed by atoms with Crippen LogP contribution in [0.1, 0.15) is 23.5 Å². The molecule has 1 aliphatic rings. The summed E-state index contributed by atoms with van der Waals surface area (Å²) in [7, 11) is 3.79. The molecule has 5 aromatic rings. The van der Waals surface area contributed by atoms with Crippen LogP contribution >= 0.6 is 0 Å². The number of aromatic hydroxyl groups is 1. The highest BCUT2D eigenvalue weighted by molar-refractivity contribution is 5.94. The third-order valence-electron chi connectivity index (χ3n) is 6.51. The molecule has 0 amide bonds. The Morgan fingerprint density at radius 2 is 1.72 bits per heavy atom. The highest BCUT2D eigenvalue weighted by Crippen LogP contribution is 2.47. The number of fused-ring (bicyclic) bond motifs is 4. The van der Waals surface area contributed by atoms with Gasteiger partial charge in [-0.25, -0.2) is 4.98 Å². The maximum Gasteiger partial charge on any atom is 0.312 e. The van der Waals surface area contributed by atoms with Gasteiger partial charge in [0.2, 0.25) is 0 Å². The molecule has 6 rings (SSSR count). The number of hydrogen-bond donors (Lipinski definition) is 1. The number of carbonyl (C=O) groups is 1. The molecule has 36 heavy (non-hydrogen) atoms. The summed E-state index contributed by atoms with van der Waals surface area (Å²) in [4.78, 5) is 32.7. The van der Waals surface area contributed by atoms with Gasteiger partial charge in [0, 0.05) is 54.2 Å².